The van der Waals surface area contributed by atoms with Crippen molar-refractivity contribution in [3.8, 4) is 0 Å². The first-order valence-electron chi connectivity index (χ1n) is 6.90. The highest BCUT2D eigenvalue weighted by atomic mass is 16.3. The number of nitrogens with zero attached hydrogens (tertiary/aromatic N) is 2. The number of aliphatic hydroxyl groups is 1. The molecule has 1 aromatic rings. The first kappa shape index (κ1) is 13.6. The van der Waals surface area contributed by atoms with Crippen LogP contribution in [0.15, 0.2) is 6.20 Å². The smallest absolute Gasteiger partial charge is 0.0638 e. The minimum atomic E-state index is -0.0746. The molecule has 0 unspecified atom stereocenters. The number of hydrogen-bond donors (Lipinski definition) is 2. The van der Waals surface area contributed by atoms with E-state index in [1.165, 1.54) is 18.4 Å². The maximum atomic E-state index is 9.70. The molecule has 2 rings (SSSR count). The molecule has 0 radical (unpaired) electrons. The van der Waals surface area contributed by atoms with Crippen LogP contribution < -0.4 is 5.32 Å². The zero-order valence-electron chi connectivity index (χ0n) is 11.7. The van der Waals surface area contributed by atoms with Crippen LogP contribution in [-0.4, -0.2) is 27.0 Å². The van der Waals surface area contributed by atoms with Gasteiger partial charge < -0.3 is 10.4 Å². The van der Waals surface area contributed by atoms with Crippen molar-refractivity contribution in [3.63, 3.8) is 0 Å². The van der Waals surface area contributed by atoms with Crippen molar-refractivity contribution in [2.75, 3.05) is 6.61 Å². The van der Waals surface area contributed by atoms with Gasteiger partial charge in [-0.05, 0) is 38.5 Å². The van der Waals surface area contributed by atoms with Crippen molar-refractivity contribution < 1.29 is 5.11 Å². The van der Waals surface area contributed by atoms with E-state index in [1.54, 1.807) is 0 Å². The molecule has 102 valence electrons. The van der Waals surface area contributed by atoms with Gasteiger partial charge in [-0.15, -0.1) is 0 Å². The fourth-order valence-electron chi connectivity index (χ4n) is 2.81. The summed E-state index contributed by atoms with van der Waals surface area (Å²) in [6, 6.07) is 0. The molecule has 0 amide bonds. The van der Waals surface area contributed by atoms with Gasteiger partial charge in [-0.2, -0.15) is 5.10 Å². The lowest BCUT2D eigenvalue weighted by Crippen LogP contribution is -2.50. The average molecular weight is 251 g/mol. The summed E-state index contributed by atoms with van der Waals surface area (Å²) in [4.78, 5) is 0. The highest BCUT2D eigenvalue weighted by Gasteiger charge is 2.33. The van der Waals surface area contributed by atoms with Gasteiger partial charge in [-0.1, -0.05) is 6.92 Å². The summed E-state index contributed by atoms with van der Waals surface area (Å²) < 4.78 is 1.85. The van der Waals surface area contributed by atoms with Gasteiger partial charge in [0.15, 0.2) is 0 Å². The Kier molecular flexibility index (Phi) is 4.07. The Morgan fingerprint density at radius 2 is 2.17 bits per heavy atom. The molecule has 0 bridgehead atoms. The molecule has 18 heavy (non-hydrogen) atoms. The molecule has 0 spiro atoms. The van der Waals surface area contributed by atoms with Gasteiger partial charge in [0.2, 0.25) is 0 Å². The average Bonchev–Trinajstić information content (AvgIpc) is 2.68. The standard InChI is InChI=1S/C14H25N3O/c1-11-4-6-14(10-18,7-5-11)15-8-13-9-17(3)16-12(13)2/h9,11,15,18H,4-8,10H2,1-3H3. The Hall–Kier alpha value is -0.870. The van der Waals surface area contributed by atoms with Crippen molar-refractivity contribution >= 4 is 0 Å². The molecular weight excluding hydrogens is 226 g/mol. The number of aliphatic hydroxyl groups excluding tert-OH is 1. The third-order valence-corrected chi connectivity index (χ3v) is 4.30. The monoisotopic (exact) mass is 251 g/mol. The van der Waals surface area contributed by atoms with E-state index >= 15 is 0 Å². The summed E-state index contributed by atoms with van der Waals surface area (Å²) in [6.07, 6.45) is 6.62. The van der Waals surface area contributed by atoms with Crippen LogP contribution in [0.5, 0.6) is 0 Å². The minimum absolute atomic E-state index is 0.0746. The summed E-state index contributed by atoms with van der Waals surface area (Å²) in [6.45, 7) is 5.37. The summed E-state index contributed by atoms with van der Waals surface area (Å²) >= 11 is 0. The number of aryl methyl sites for hydroxylation is 2. The van der Waals surface area contributed by atoms with E-state index in [4.69, 9.17) is 0 Å². The van der Waals surface area contributed by atoms with E-state index in [-0.39, 0.29) is 12.1 Å². The molecule has 0 aromatic carbocycles. The fourth-order valence-corrected chi connectivity index (χ4v) is 2.81. The highest BCUT2D eigenvalue weighted by Crippen LogP contribution is 2.31. The van der Waals surface area contributed by atoms with Crippen molar-refractivity contribution in [1.82, 2.24) is 15.1 Å². The summed E-state index contributed by atoms with van der Waals surface area (Å²) in [7, 11) is 1.95. The van der Waals surface area contributed by atoms with Crippen LogP contribution in [0.25, 0.3) is 0 Å². The van der Waals surface area contributed by atoms with Crippen molar-refractivity contribution in [2.45, 2.75) is 51.6 Å². The Labute approximate surface area is 109 Å². The van der Waals surface area contributed by atoms with E-state index in [1.807, 2.05) is 18.7 Å². The minimum Gasteiger partial charge on any atom is -0.394 e. The molecular formula is C14H25N3O. The first-order valence-corrected chi connectivity index (χ1v) is 6.90. The zero-order chi connectivity index (χ0) is 13.2. The van der Waals surface area contributed by atoms with Gasteiger partial charge in [0.1, 0.15) is 0 Å². The third-order valence-electron chi connectivity index (χ3n) is 4.30. The topological polar surface area (TPSA) is 50.1 Å². The lowest BCUT2D eigenvalue weighted by molar-refractivity contribution is 0.104. The Bertz CT molecular complexity index is 392. The summed E-state index contributed by atoms with van der Waals surface area (Å²) in [5.74, 6) is 0.798. The van der Waals surface area contributed by atoms with Crippen LogP contribution in [0.1, 0.15) is 43.9 Å². The Morgan fingerprint density at radius 1 is 1.50 bits per heavy atom. The summed E-state index contributed by atoms with van der Waals surface area (Å²) in [5, 5.41) is 17.6. The molecule has 0 saturated heterocycles. The van der Waals surface area contributed by atoms with Crippen LogP contribution in [0.2, 0.25) is 0 Å². The summed E-state index contributed by atoms with van der Waals surface area (Å²) in [5.41, 5.74) is 2.22. The van der Waals surface area contributed by atoms with E-state index < -0.39 is 0 Å². The number of nitrogens with one attached hydrogen (secondary N) is 1. The maximum absolute atomic E-state index is 9.70. The molecule has 1 aromatic heterocycles. The second kappa shape index (κ2) is 5.41. The molecule has 1 fully saturated rings. The van der Waals surface area contributed by atoms with Crippen molar-refractivity contribution in [1.29, 1.82) is 0 Å². The van der Waals surface area contributed by atoms with E-state index in [9.17, 15) is 5.11 Å². The Morgan fingerprint density at radius 3 is 2.67 bits per heavy atom. The zero-order valence-corrected chi connectivity index (χ0v) is 11.7. The second-order valence-electron chi connectivity index (χ2n) is 5.89. The van der Waals surface area contributed by atoms with E-state index in [0.717, 1.165) is 31.0 Å². The molecule has 1 saturated carbocycles. The van der Waals surface area contributed by atoms with Gasteiger partial charge in [0.05, 0.1) is 12.3 Å². The SMILES string of the molecule is Cc1nn(C)cc1CNC1(CO)CCC(C)CC1. The number of rotatable bonds is 4. The van der Waals surface area contributed by atoms with Crippen molar-refractivity contribution in [2.24, 2.45) is 13.0 Å². The van der Waals surface area contributed by atoms with Gasteiger partial charge in [0.25, 0.3) is 0 Å². The normalized spacial score (nSPS) is 28.6. The van der Waals surface area contributed by atoms with Crippen molar-refractivity contribution in [3.05, 3.63) is 17.5 Å². The molecule has 0 aliphatic heterocycles. The molecule has 2 N–H and O–H groups in total. The van der Waals surface area contributed by atoms with Gasteiger partial charge in [-0.3, -0.25) is 4.68 Å². The number of aromatic nitrogens is 2. The second-order valence-corrected chi connectivity index (χ2v) is 5.89. The number of hydrogen-bond acceptors (Lipinski definition) is 3. The lowest BCUT2D eigenvalue weighted by atomic mass is 9.77. The van der Waals surface area contributed by atoms with Gasteiger partial charge >= 0.3 is 0 Å². The van der Waals surface area contributed by atoms with Gasteiger partial charge in [0, 0.05) is 30.9 Å². The molecule has 1 aliphatic rings. The third kappa shape index (κ3) is 2.93. The maximum Gasteiger partial charge on any atom is 0.0638 e. The quantitative estimate of drug-likeness (QED) is 0.857. The van der Waals surface area contributed by atoms with E-state index in [2.05, 4.69) is 23.5 Å². The predicted octanol–water partition coefficient (Wildman–Crippen LogP) is 1.76. The van der Waals surface area contributed by atoms with Crippen LogP contribution >= 0.6 is 0 Å². The first-order chi connectivity index (χ1) is 8.54. The lowest BCUT2D eigenvalue weighted by Gasteiger charge is -2.39. The predicted molar refractivity (Wildman–Crippen MR) is 72.2 cm³/mol. The van der Waals surface area contributed by atoms with E-state index in [0.29, 0.717) is 0 Å². The molecule has 1 heterocycles. The largest absolute Gasteiger partial charge is 0.394 e. The molecule has 1 aliphatic carbocycles. The Balaban J connectivity index is 1.97. The van der Waals surface area contributed by atoms with Gasteiger partial charge in [-0.25, -0.2) is 0 Å². The van der Waals surface area contributed by atoms with Crippen LogP contribution in [0.3, 0.4) is 0 Å². The fraction of sp³-hybridized carbons (Fsp3) is 0.786. The van der Waals surface area contributed by atoms with Crippen LogP contribution in [-0.2, 0) is 13.6 Å². The van der Waals surface area contributed by atoms with Crippen LogP contribution in [0, 0.1) is 12.8 Å². The van der Waals surface area contributed by atoms with Crippen LogP contribution in [0.4, 0.5) is 0 Å². The molecule has 4 nitrogen and oxygen atoms in total. The highest BCUT2D eigenvalue weighted by molar-refractivity contribution is 5.15. The molecule has 4 heteroatoms. The molecule has 0 atom stereocenters.